The van der Waals surface area contributed by atoms with E-state index < -0.39 is 5.54 Å². The number of aliphatic hydroxyl groups excluding tert-OH is 1. The number of imidazole rings is 1. The third-order valence-electron chi connectivity index (χ3n) is 5.64. The monoisotopic (exact) mass is 393 g/mol. The minimum absolute atomic E-state index is 0.0181. The maximum absolute atomic E-state index is 13.4. The first-order valence-corrected chi connectivity index (χ1v) is 9.97. The van der Waals surface area contributed by atoms with Gasteiger partial charge in [-0.1, -0.05) is 30.3 Å². The van der Waals surface area contributed by atoms with Gasteiger partial charge in [-0.25, -0.2) is 4.98 Å². The largest absolute Gasteiger partial charge is 0.395 e. The van der Waals surface area contributed by atoms with E-state index in [1.54, 1.807) is 0 Å². The number of benzene rings is 2. The molecule has 0 spiro atoms. The number of fused-ring (bicyclic) bond motifs is 1. The van der Waals surface area contributed by atoms with Gasteiger partial charge in [0.15, 0.2) is 0 Å². The normalized spacial score (nSPS) is 18.9. The number of aromatic nitrogens is 2. The fraction of sp³-hybridized carbons (Fsp3) is 0.391. The molecule has 1 aromatic heterocycles. The lowest BCUT2D eigenvalue weighted by atomic mass is 9.96. The van der Waals surface area contributed by atoms with Gasteiger partial charge in [0.2, 0.25) is 0 Å². The van der Waals surface area contributed by atoms with Gasteiger partial charge < -0.3 is 19.3 Å². The van der Waals surface area contributed by atoms with E-state index in [2.05, 4.69) is 4.98 Å². The number of hydrogen-bond donors (Lipinski definition) is 1. The van der Waals surface area contributed by atoms with Crippen LogP contribution in [-0.4, -0.2) is 50.8 Å². The van der Waals surface area contributed by atoms with E-state index in [-0.39, 0.29) is 18.6 Å². The first-order chi connectivity index (χ1) is 13.9. The summed E-state index contributed by atoms with van der Waals surface area (Å²) >= 11 is 0. The van der Waals surface area contributed by atoms with Crippen molar-refractivity contribution in [3.05, 3.63) is 65.5 Å². The number of aliphatic hydroxyl groups is 1. The minimum atomic E-state index is -0.399. The molecule has 1 amide bonds. The summed E-state index contributed by atoms with van der Waals surface area (Å²) in [4.78, 5) is 19.9. The highest BCUT2D eigenvalue weighted by Gasteiger charge is 2.39. The molecule has 152 valence electrons. The molecular weight excluding hydrogens is 366 g/mol. The van der Waals surface area contributed by atoms with Crippen molar-refractivity contribution in [2.75, 3.05) is 19.8 Å². The van der Waals surface area contributed by atoms with Crippen molar-refractivity contribution in [2.45, 2.75) is 39.0 Å². The van der Waals surface area contributed by atoms with Gasteiger partial charge in [0.1, 0.15) is 11.9 Å². The van der Waals surface area contributed by atoms with Gasteiger partial charge in [0.05, 0.1) is 36.3 Å². The van der Waals surface area contributed by atoms with Crippen molar-refractivity contribution in [1.82, 2.24) is 14.5 Å². The number of rotatable bonds is 4. The van der Waals surface area contributed by atoms with Gasteiger partial charge >= 0.3 is 0 Å². The van der Waals surface area contributed by atoms with Crippen LogP contribution in [0.3, 0.4) is 0 Å². The van der Waals surface area contributed by atoms with Crippen LogP contribution < -0.4 is 0 Å². The summed E-state index contributed by atoms with van der Waals surface area (Å²) in [5.41, 5.74) is 3.00. The van der Waals surface area contributed by atoms with Crippen LogP contribution in [0, 0.1) is 6.92 Å². The summed E-state index contributed by atoms with van der Waals surface area (Å²) < 4.78 is 8.04. The summed E-state index contributed by atoms with van der Waals surface area (Å²) in [5.74, 6) is 0.810. The van der Waals surface area contributed by atoms with E-state index in [0.29, 0.717) is 25.3 Å². The van der Waals surface area contributed by atoms with Crippen molar-refractivity contribution in [3.8, 4) is 0 Å². The lowest BCUT2D eigenvalue weighted by molar-refractivity contribution is -0.0846. The zero-order chi connectivity index (χ0) is 20.6. The van der Waals surface area contributed by atoms with Gasteiger partial charge in [0, 0.05) is 12.1 Å². The Morgan fingerprint density at radius 1 is 1.24 bits per heavy atom. The maximum atomic E-state index is 13.4. The standard InChI is InChI=1S/C23H27N3O3/c1-16-24-19-13-18(9-10-20(19)25(16)11-12-27)22(28)26-14-21(29-15-23(26,2)3)17-7-5-4-6-8-17/h4-10,13,21,27H,11-12,14-15H2,1-3H3/t21-/m1/s1. The second-order valence-corrected chi connectivity index (χ2v) is 8.18. The van der Waals surface area contributed by atoms with Crippen LogP contribution in [0.5, 0.6) is 0 Å². The molecule has 6 heteroatoms. The zero-order valence-electron chi connectivity index (χ0n) is 17.1. The van der Waals surface area contributed by atoms with E-state index in [1.807, 2.05) is 78.8 Å². The topological polar surface area (TPSA) is 67.6 Å². The van der Waals surface area contributed by atoms with Crippen LogP contribution in [0.1, 0.15) is 41.7 Å². The molecule has 2 aromatic carbocycles. The zero-order valence-corrected chi connectivity index (χ0v) is 17.1. The molecule has 0 saturated carbocycles. The smallest absolute Gasteiger partial charge is 0.254 e. The molecule has 3 aromatic rings. The summed E-state index contributed by atoms with van der Waals surface area (Å²) in [6.45, 7) is 7.50. The van der Waals surface area contributed by atoms with E-state index in [4.69, 9.17) is 4.74 Å². The number of amides is 1. The van der Waals surface area contributed by atoms with Gasteiger partial charge in [0.25, 0.3) is 5.91 Å². The van der Waals surface area contributed by atoms with Crippen LogP contribution in [0.4, 0.5) is 0 Å². The van der Waals surface area contributed by atoms with Crippen molar-refractivity contribution >= 4 is 16.9 Å². The Morgan fingerprint density at radius 2 is 2.00 bits per heavy atom. The van der Waals surface area contributed by atoms with Crippen LogP contribution in [0.2, 0.25) is 0 Å². The third-order valence-corrected chi connectivity index (χ3v) is 5.64. The van der Waals surface area contributed by atoms with E-state index in [9.17, 15) is 9.90 Å². The van der Waals surface area contributed by atoms with Gasteiger partial charge in [-0.05, 0) is 44.5 Å². The number of carbonyl (C=O) groups is 1. The summed E-state index contributed by atoms with van der Waals surface area (Å²) in [7, 11) is 0. The number of carbonyl (C=O) groups excluding carboxylic acids is 1. The Bertz CT molecular complexity index is 1030. The lowest BCUT2D eigenvalue weighted by Crippen LogP contribution is -2.56. The van der Waals surface area contributed by atoms with Crippen LogP contribution in [-0.2, 0) is 11.3 Å². The molecule has 29 heavy (non-hydrogen) atoms. The van der Waals surface area contributed by atoms with Crippen LogP contribution in [0.15, 0.2) is 48.5 Å². The molecule has 6 nitrogen and oxygen atoms in total. The molecule has 1 atom stereocenters. The molecule has 0 unspecified atom stereocenters. The van der Waals surface area contributed by atoms with E-state index in [0.717, 1.165) is 22.4 Å². The fourth-order valence-corrected chi connectivity index (χ4v) is 4.00. The number of hydrogen-bond acceptors (Lipinski definition) is 4. The molecule has 1 aliphatic heterocycles. The molecule has 0 bridgehead atoms. The Morgan fingerprint density at radius 3 is 2.72 bits per heavy atom. The lowest BCUT2D eigenvalue weighted by Gasteiger charge is -2.45. The van der Waals surface area contributed by atoms with Crippen molar-refractivity contribution in [2.24, 2.45) is 0 Å². The Hall–Kier alpha value is -2.70. The molecule has 1 saturated heterocycles. The maximum Gasteiger partial charge on any atom is 0.254 e. The highest BCUT2D eigenvalue weighted by Crippen LogP contribution is 2.32. The number of morpholine rings is 1. The van der Waals surface area contributed by atoms with Crippen molar-refractivity contribution in [3.63, 3.8) is 0 Å². The van der Waals surface area contributed by atoms with Crippen LogP contribution >= 0.6 is 0 Å². The van der Waals surface area contributed by atoms with E-state index in [1.165, 1.54) is 0 Å². The highest BCUT2D eigenvalue weighted by atomic mass is 16.5. The van der Waals surface area contributed by atoms with E-state index >= 15 is 0 Å². The first-order valence-electron chi connectivity index (χ1n) is 9.97. The summed E-state index contributed by atoms with van der Waals surface area (Å²) in [5, 5.41) is 9.29. The molecule has 1 fully saturated rings. The summed E-state index contributed by atoms with van der Waals surface area (Å²) in [6.07, 6.45) is -0.136. The van der Waals surface area contributed by atoms with Gasteiger partial charge in [-0.3, -0.25) is 4.79 Å². The fourth-order valence-electron chi connectivity index (χ4n) is 4.00. The predicted octanol–water partition coefficient (Wildman–Crippen LogP) is 3.33. The Labute approximate surface area is 170 Å². The molecule has 0 aliphatic carbocycles. The second-order valence-electron chi connectivity index (χ2n) is 8.18. The third kappa shape index (κ3) is 3.66. The average molecular weight is 393 g/mol. The predicted molar refractivity (Wildman–Crippen MR) is 112 cm³/mol. The Kier molecular flexibility index (Phi) is 5.15. The van der Waals surface area contributed by atoms with Gasteiger partial charge in [-0.15, -0.1) is 0 Å². The van der Waals surface area contributed by atoms with Crippen molar-refractivity contribution < 1.29 is 14.6 Å². The number of ether oxygens (including phenoxy) is 1. The average Bonchev–Trinajstić information content (AvgIpc) is 3.03. The number of nitrogens with zero attached hydrogens (tertiary/aromatic N) is 3. The highest BCUT2D eigenvalue weighted by molar-refractivity contribution is 5.98. The molecule has 4 rings (SSSR count). The van der Waals surface area contributed by atoms with Crippen molar-refractivity contribution in [1.29, 1.82) is 0 Å². The second kappa shape index (κ2) is 7.61. The quantitative estimate of drug-likeness (QED) is 0.738. The Balaban J connectivity index is 1.64. The SMILES string of the molecule is Cc1nc2cc(C(=O)N3C[C@H](c4ccccc4)OCC3(C)C)ccc2n1CCO. The molecule has 1 aliphatic rings. The molecule has 0 radical (unpaired) electrons. The first kappa shape index (κ1) is 19.6. The summed E-state index contributed by atoms with van der Waals surface area (Å²) in [6, 6.07) is 15.6. The molecule has 1 N–H and O–H groups in total. The minimum Gasteiger partial charge on any atom is -0.395 e. The molecular formula is C23H27N3O3. The number of aryl methyl sites for hydroxylation is 1. The molecule has 2 heterocycles. The van der Waals surface area contributed by atoms with Gasteiger partial charge in [-0.2, -0.15) is 0 Å². The van der Waals surface area contributed by atoms with Crippen LogP contribution in [0.25, 0.3) is 11.0 Å².